The number of carboxylic acids is 2. The summed E-state index contributed by atoms with van der Waals surface area (Å²) in [6.07, 6.45) is 11.2. The van der Waals surface area contributed by atoms with Crippen LogP contribution >= 0.6 is 0 Å². The molecule has 0 saturated carbocycles. The topological polar surface area (TPSA) is 141 Å². The molecule has 0 atom stereocenters. The van der Waals surface area contributed by atoms with Crippen molar-refractivity contribution < 1.29 is 30.0 Å². The second-order valence-corrected chi connectivity index (χ2v) is 6.54. The number of carbonyl (C=O) groups is 2. The van der Waals surface area contributed by atoms with Gasteiger partial charge in [0.15, 0.2) is 0 Å². The number of hydrogen-bond donors (Lipinski definition) is 4. The molecule has 0 saturated heterocycles. The summed E-state index contributed by atoms with van der Waals surface area (Å²) in [5.74, 6) is -2.62. The van der Waals surface area contributed by atoms with Gasteiger partial charge in [-0.25, -0.2) is 9.59 Å². The second-order valence-electron chi connectivity index (χ2n) is 6.54. The van der Waals surface area contributed by atoms with Gasteiger partial charge in [0.25, 0.3) is 0 Å². The number of para-hydroxylation sites is 2. The quantitative estimate of drug-likeness (QED) is 0.341. The molecule has 2 aromatic heterocycles. The number of carboxylic acid groups (broad SMARTS) is 2. The first-order chi connectivity index (χ1) is 16.4. The van der Waals surface area contributed by atoms with E-state index in [-0.39, 0.29) is 22.6 Å². The van der Waals surface area contributed by atoms with Crippen LogP contribution in [-0.2, 0) is 0 Å². The fraction of sp³-hybridized carbons (Fsp3) is 0. The van der Waals surface area contributed by atoms with Crippen LogP contribution in [0.25, 0.3) is 12.2 Å². The highest BCUT2D eigenvalue weighted by molar-refractivity contribution is 5.91. The summed E-state index contributed by atoms with van der Waals surface area (Å²) in [5, 5.41) is 34.6. The zero-order valence-electron chi connectivity index (χ0n) is 17.9. The fourth-order valence-electron chi connectivity index (χ4n) is 2.45. The minimum Gasteiger partial charge on any atom is -0.507 e. The SMILES string of the molecule is C(=C\c1ccncc1)/c1ccncc1.O=C(O)c1ccccc1O.O=C(O)c1ccccc1O. The van der Waals surface area contributed by atoms with Crippen LogP contribution in [0.2, 0.25) is 0 Å². The van der Waals surface area contributed by atoms with Crippen LogP contribution in [0.3, 0.4) is 0 Å². The third-order valence-electron chi connectivity index (χ3n) is 4.15. The highest BCUT2D eigenvalue weighted by atomic mass is 16.4. The Bertz CT molecular complexity index is 1130. The maximum Gasteiger partial charge on any atom is 0.339 e. The molecular formula is C26H22N2O6. The lowest BCUT2D eigenvalue weighted by atomic mass is 10.2. The summed E-state index contributed by atoms with van der Waals surface area (Å²) in [6.45, 7) is 0. The Morgan fingerprint density at radius 1 is 0.559 bits per heavy atom. The number of aromatic hydroxyl groups is 2. The van der Waals surface area contributed by atoms with E-state index in [0.717, 1.165) is 11.1 Å². The van der Waals surface area contributed by atoms with E-state index in [4.69, 9.17) is 20.4 Å². The van der Waals surface area contributed by atoms with Crippen molar-refractivity contribution in [3.63, 3.8) is 0 Å². The molecule has 34 heavy (non-hydrogen) atoms. The number of nitrogens with zero attached hydrogens (tertiary/aromatic N) is 2. The van der Waals surface area contributed by atoms with Crippen molar-refractivity contribution in [2.24, 2.45) is 0 Å². The predicted octanol–water partition coefficient (Wildman–Crippen LogP) is 4.83. The van der Waals surface area contributed by atoms with Crippen molar-refractivity contribution in [3.8, 4) is 11.5 Å². The molecule has 4 N–H and O–H groups in total. The molecule has 2 heterocycles. The van der Waals surface area contributed by atoms with E-state index < -0.39 is 11.9 Å². The van der Waals surface area contributed by atoms with Crippen LogP contribution < -0.4 is 0 Å². The molecule has 172 valence electrons. The minimum absolute atomic E-state index is 0.0671. The lowest BCUT2D eigenvalue weighted by molar-refractivity contribution is 0.0682. The predicted molar refractivity (Wildman–Crippen MR) is 128 cm³/mol. The number of benzene rings is 2. The molecule has 8 nitrogen and oxygen atoms in total. The van der Waals surface area contributed by atoms with Crippen LogP contribution in [0.5, 0.6) is 11.5 Å². The molecular weight excluding hydrogens is 436 g/mol. The van der Waals surface area contributed by atoms with E-state index >= 15 is 0 Å². The molecule has 0 unspecified atom stereocenters. The lowest BCUT2D eigenvalue weighted by Crippen LogP contribution is -1.95. The fourth-order valence-corrected chi connectivity index (χ4v) is 2.45. The number of hydrogen-bond acceptors (Lipinski definition) is 6. The highest BCUT2D eigenvalue weighted by Gasteiger charge is 2.06. The van der Waals surface area contributed by atoms with Crippen LogP contribution in [0.4, 0.5) is 0 Å². The Balaban J connectivity index is 0.000000185. The van der Waals surface area contributed by atoms with E-state index in [9.17, 15) is 9.59 Å². The molecule has 2 aromatic carbocycles. The molecule has 4 rings (SSSR count). The van der Waals surface area contributed by atoms with Crippen molar-refractivity contribution >= 4 is 24.1 Å². The van der Waals surface area contributed by atoms with Crippen molar-refractivity contribution in [2.45, 2.75) is 0 Å². The molecule has 0 amide bonds. The van der Waals surface area contributed by atoms with Gasteiger partial charge in [-0.2, -0.15) is 0 Å². The average molecular weight is 458 g/mol. The number of rotatable bonds is 4. The number of aromatic nitrogens is 2. The Kier molecular flexibility index (Phi) is 9.99. The zero-order chi connectivity index (χ0) is 24.8. The number of aromatic carboxylic acids is 2. The van der Waals surface area contributed by atoms with Crippen LogP contribution in [0.1, 0.15) is 31.8 Å². The van der Waals surface area contributed by atoms with Gasteiger partial charge in [0.2, 0.25) is 0 Å². The molecule has 0 aliphatic heterocycles. The van der Waals surface area contributed by atoms with Gasteiger partial charge in [-0.1, -0.05) is 36.4 Å². The largest absolute Gasteiger partial charge is 0.507 e. The second kappa shape index (κ2) is 13.4. The third-order valence-corrected chi connectivity index (χ3v) is 4.15. The van der Waals surface area contributed by atoms with Crippen molar-refractivity contribution in [1.82, 2.24) is 9.97 Å². The molecule has 0 radical (unpaired) electrons. The molecule has 0 spiro atoms. The molecule has 4 aromatic rings. The molecule has 0 bridgehead atoms. The normalized spacial score (nSPS) is 9.76. The Morgan fingerprint density at radius 3 is 1.15 bits per heavy atom. The van der Waals surface area contributed by atoms with Crippen LogP contribution in [0.15, 0.2) is 97.6 Å². The maximum absolute atomic E-state index is 10.3. The van der Waals surface area contributed by atoms with E-state index in [1.165, 1.54) is 24.3 Å². The highest BCUT2D eigenvalue weighted by Crippen LogP contribution is 2.15. The van der Waals surface area contributed by atoms with Gasteiger partial charge in [0, 0.05) is 24.8 Å². The summed E-state index contributed by atoms with van der Waals surface area (Å²) in [7, 11) is 0. The van der Waals surface area contributed by atoms with Crippen molar-refractivity contribution in [1.29, 1.82) is 0 Å². The molecule has 0 fully saturated rings. The van der Waals surface area contributed by atoms with Crippen molar-refractivity contribution in [3.05, 3.63) is 120 Å². The summed E-state index contributed by atoms with van der Waals surface area (Å²) >= 11 is 0. The molecule has 0 aliphatic carbocycles. The van der Waals surface area contributed by atoms with Crippen LogP contribution in [0, 0.1) is 0 Å². The van der Waals surface area contributed by atoms with Gasteiger partial charge in [-0.05, 0) is 59.7 Å². The Hall–Kier alpha value is -4.98. The first kappa shape index (κ1) is 25.3. The monoisotopic (exact) mass is 458 g/mol. The van der Waals surface area contributed by atoms with Crippen molar-refractivity contribution in [2.75, 3.05) is 0 Å². The van der Waals surface area contributed by atoms with E-state index in [1.807, 2.05) is 24.3 Å². The number of pyridine rings is 2. The summed E-state index contributed by atoms with van der Waals surface area (Å²) in [5.41, 5.74) is 2.17. The van der Waals surface area contributed by atoms with E-state index in [2.05, 4.69) is 22.1 Å². The first-order valence-electron chi connectivity index (χ1n) is 9.89. The Morgan fingerprint density at radius 2 is 0.882 bits per heavy atom. The average Bonchev–Trinajstić information content (AvgIpc) is 2.85. The number of phenols is 2. The standard InChI is InChI=1S/C12H10N2.2C7H6O3/c1(11-3-7-13-8-4-11)2-12-5-9-14-10-6-12;2*8-6-4-2-1-3-5(6)7(9)10/h1-10H;2*1-4,8H,(H,9,10)/b2-1+;;. The summed E-state index contributed by atoms with van der Waals surface area (Å²) < 4.78 is 0. The Labute approximate surface area is 195 Å². The van der Waals surface area contributed by atoms with Gasteiger partial charge in [0.05, 0.1) is 0 Å². The summed E-state index contributed by atoms with van der Waals surface area (Å²) in [6, 6.07) is 19.5. The first-order valence-corrected chi connectivity index (χ1v) is 9.89. The van der Waals surface area contributed by atoms with E-state index in [1.54, 1.807) is 49.1 Å². The maximum atomic E-state index is 10.3. The molecule has 8 heteroatoms. The van der Waals surface area contributed by atoms with Gasteiger partial charge in [0.1, 0.15) is 22.6 Å². The zero-order valence-corrected chi connectivity index (χ0v) is 17.9. The van der Waals surface area contributed by atoms with Gasteiger partial charge < -0.3 is 20.4 Å². The van der Waals surface area contributed by atoms with Gasteiger partial charge in [-0.3, -0.25) is 9.97 Å². The van der Waals surface area contributed by atoms with Gasteiger partial charge in [-0.15, -0.1) is 0 Å². The minimum atomic E-state index is -1.11. The van der Waals surface area contributed by atoms with Crippen LogP contribution in [-0.4, -0.2) is 42.3 Å². The summed E-state index contributed by atoms with van der Waals surface area (Å²) in [4.78, 5) is 28.4. The van der Waals surface area contributed by atoms with Gasteiger partial charge >= 0.3 is 11.9 Å². The lowest BCUT2D eigenvalue weighted by Gasteiger charge is -1.95. The third kappa shape index (κ3) is 8.64. The molecule has 0 aliphatic rings. The van der Waals surface area contributed by atoms with E-state index in [0.29, 0.717) is 0 Å². The smallest absolute Gasteiger partial charge is 0.339 e.